The van der Waals surface area contributed by atoms with Gasteiger partial charge in [-0.1, -0.05) is 12.1 Å². The quantitative estimate of drug-likeness (QED) is 0.623. The Labute approximate surface area is 122 Å². The molecule has 0 aromatic heterocycles. The van der Waals surface area contributed by atoms with Gasteiger partial charge >= 0.3 is 5.97 Å². The standard InChI is InChI=1S/C17H16O4/c1-9-5-11(3-4-14(9)19)13-8-16(20)21-15-7-12(18)6-10(2)17(13)15/h3-7,13,18-19H,8H2,1-2H3/t13-/m1/s1. The molecule has 0 aliphatic carbocycles. The Morgan fingerprint density at radius 3 is 2.57 bits per heavy atom. The lowest BCUT2D eigenvalue weighted by atomic mass is 9.83. The number of hydrogen-bond acceptors (Lipinski definition) is 4. The van der Waals surface area contributed by atoms with E-state index in [1.165, 1.54) is 6.07 Å². The summed E-state index contributed by atoms with van der Waals surface area (Å²) in [6.07, 6.45) is 0.253. The first-order chi connectivity index (χ1) is 9.95. The van der Waals surface area contributed by atoms with E-state index >= 15 is 0 Å². The van der Waals surface area contributed by atoms with Crippen molar-refractivity contribution >= 4 is 5.97 Å². The first kappa shape index (κ1) is 13.5. The molecule has 2 N–H and O–H groups in total. The normalized spacial score (nSPS) is 17.2. The van der Waals surface area contributed by atoms with Crippen LogP contribution in [0.1, 0.15) is 34.6 Å². The number of aromatic hydroxyl groups is 2. The summed E-state index contributed by atoms with van der Waals surface area (Å²) in [4.78, 5) is 11.8. The van der Waals surface area contributed by atoms with Crippen molar-refractivity contribution in [2.24, 2.45) is 0 Å². The summed E-state index contributed by atoms with van der Waals surface area (Å²) >= 11 is 0. The zero-order valence-corrected chi connectivity index (χ0v) is 11.9. The molecule has 0 unspecified atom stereocenters. The molecule has 1 heterocycles. The summed E-state index contributed by atoms with van der Waals surface area (Å²) < 4.78 is 5.25. The molecule has 108 valence electrons. The van der Waals surface area contributed by atoms with Crippen LogP contribution in [-0.2, 0) is 4.79 Å². The van der Waals surface area contributed by atoms with Crippen molar-refractivity contribution < 1.29 is 19.7 Å². The van der Waals surface area contributed by atoms with Crippen LogP contribution in [0.25, 0.3) is 0 Å². The molecule has 2 aromatic rings. The van der Waals surface area contributed by atoms with Crippen molar-refractivity contribution in [1.82, 2.24) is 0 Å². The molecule has 0 spiro atoms. The number of ether oxygens (including phenoxy) is 1. The van der Waals surface area contributed by atoms with Gasteiger partial charge in [0.1, 0.15) is 17.2 Å². The number of hydrogen-bond donors (Lipinski definition) is 2. The van der Waals surface area contributed by atoms with E-state index in [1.54, 1.807) is 12.1 Å². The molecule has 0 bridgehead atoms. The van der Waals surface area contributed by atoms with Crippen molar-refractivity contribution in [3.05, 3.63) is 52.6 Å². The monoisotopic (exact) mass is 284 g/mol. The van der Waals surface area contributed by atoms with Gasteiger partial charge in [0, 0.05) is 17.5 Å². The van der Waals surface area contributed by atoms with E-state index in [-0.39, 0.29) is 29.8 Å². The molecule has 4 heteroatoms. The first-order valence-electron chi connectivity index (χ1n) is 6.79. The average Bonchev–Trinajstić information content (AvgIpc) is 2.40. The van der Waals surface area contributed by atoms with Gasteiger partial charge in [-0.05, 0) is 42.7 Å². The molecule has 0 saturated carbocycles. The molecule has 4 nitrogen and oxygen atoms in total. The number of rotatable bonds is 1. The third-order valence-electron chi connectivity index (χ3n) is 3.90. The van der Waals surface area contributed by atoms with Crippen LogP contribution in [0.15, 0.2) is 30.3 Å². The molecule has 0 fully saturated rings. The van der Waals surface area contributed by atoms with Gasteiger partial charge in [-0.2, -0.15) is 0 Å². The highest BCUT2D eigenvalue weighted by molar-refractivity contribution is 5.78. The molecule has 0 radical (unpaired) electrons. The predicted octanol–water partition coefficient (Wildman–Crippen LogP) is 3.16. The highest BCUT2D eigenvalue weighted by Crippen LogP contribution is 2.43. The van der Waals surface area contributed by atoms with Crippen LogP contribution in [0.5, 0.6) is 17.2 Å². The van der Waals surface area contributed by atoms with Crippen LogP contribution >= 0.6 is 0 Å². The summed E-state index contributed by atoms with van der Waals surface area (Å²) in [5, 5.41) is 19.3. The highest BCUT2D eigenvalue weighted by atomic mass is 16.5. The summed E-state index contributed by atoms with van der Waals surface area (Å²) in [5.41, 5.74) is 3.52. The smallest absolute Gasteiger partial charge is 0.312 e. The Bertz CT molecular complexity index is 734. The highest BCUT2D eigenvalue weighted by Gasteiger charge is 2.30. The average molecular weight is 284 g/mol. The van der Waals surface area contributed by atoms with Gasteiger partial charge in [-0.3, -0.25) is 4.79 Å². The summed E-state index contributed by atoms with van der Waals surface area (Å²) in [7, 11) is 0. The summed E-state index contributed by atoms with van der Waals surface area (Å²) in [5.74, 6) is 0.297. The molecular weight excluding hydrogens is 268 g/mol. The Morgan fingerprint density at radius 1 is 1.10 bits per heavy atom. The van der Waals surface area contributed by atoms with Crippen LogP contribution in [0, 0.1) is 13.8 Å². The van der Waals surface area contributed by atoms with E-state index in [4.69, 9.17) is 4.74 Å². The second-order valence-electron chi connectivity index (χ2n) is 5.45. The Morgan fingerprint density at radius 2 is 1.86 bits per heavy atom. The second kappa shape index (κ2) is 4.81. The number of phenols is 2. The van der Waals surface area contributed by atoms with Gasteiger partial charge in [-0.25, -0.2) is 0 Å². The number of esters is 1. The van der Waals surface area contributed by atoms with Crippen molar-refractivity contribution in [2.75, 3.05) is 0 Å². The Balaban J connectivity index is 2.16. The largest absolute Gasteiger partial charge is 0.508 e. The summed E-state index contributed by atoms with van der Waals surface area (Å²) in [6, 6.07) is 8.48. The summed E-state index contributed by atoms with van der Waals surface area (Å²) in [6.45, 7) is 3.71. The fraction of sp³-hybridized carbons (Fsp3) is 0.235. The minimum Gasteiger partial charge on any atom is -0.508 e. The van der Waals surface area contributed by atoms with E-state index in [9.17, 15) is 15.0 Å². The van der Waals surface area contributed by atoms with Gasteiger partial charge in [0.15, 0.2) is 0 Å². The fourth-order valence-electron chi connectivity index (χ4n) is 2.89. The van der Waals surface area contributed by atoms with Gasteiger partial charge in [-0.15, -0.1) is 0 Å². The maximum absolute atomic E-state index is 11.8. The zero-order valence-electron chi connectivity index (χ0n) is 11.9. The maximum atomic E-state index is 11.8. The fourth-order valence-corrected chi connectivity index (χ4v) is 2.89. The van der Waals surface area contributed by atoms with E-state index in [2.05, 4.69) is 0 Å². The minimum absolute atomic E-state index is 0.0848. The molecule has 21 heavy (non-hydrogen) atoms. The number of carbonyl (C=O) groups excluding carboxylic acids is 1. The first-order valence-corrected chi connectivity index (χ1v) is 6.79. The number of phenolic OH excluding ortho intramolecular Hbond substituents is 2. The Hall–Kier alpha value is -2.49. The van der Waals surface area contributed by atoms with Crippen molar-refractivity contribution in [3.8, 4) is 17.2 Å². The van der Waals surface area contributed by atoms with Crippen LogP contribution in [0.4, 0.5) is 0 Å². The number of fused-ring (bicyclic) bond motifs is 1. The molecule has 1 atom stereocenters. The molecule has 0 amide bonds. The van der Waals surface area contributed by atoms with Crippen LogP contribution in [0.3, 0.4) is 0 Å². The van der Waals surface area contributed by atoms with E-state index in [0.717, 1.165) is 22.3 Å². The lowest BCUT2D eigenvalue weighted by Gasteiger charge is -2.27. The molecule has 2 aromatic carbocycles. The number of carbonyl (C=O) groups is 1. The predicted molar refractivity (Wildman–Crippen MR) is 77.8 cm³/mol. The molecule has 0 saturated heterocycles. The van der Waals surface area contributed by atoms with Crippen LogP contribution < -0.4 is 4.74 Å². The second-order valence-corrected chi connectivity index (χ2v) is 5.45. The van der Waals surface area contributed by atoms with Crippen LogP contribution in [-0.4, -0.2) is 16.2 Å². The van der Waals surface area contributed by atoms with Crippen molar-refractivity contribution in [1.29, 1.82) is 0 Å². The van der Waals surface area contributed by atoms with Gasteiger partial charge in [0.2, 0.25) is 0 Å². The van der Waals surface area contributed by atoms with E-state index < -0.39 is 0 Å². The van der Waals surface area contributed by atoms with E-state index in [1.807, 2.05) is 26.0 Å². The molecule has 1 aliphatic rings. The molecular formula is C17H16O4. The lowest BCUT2D eigenvalue weighted by molar-refractivity contribution is -0.135. The van der Waals surface area contributed by atoms with Gasteiger partial charge in [0.25, 0.3) is 0 Å². The van der Waals surface area contributed by atoms with Crippen molar-refractivity contribution in [2.45, 2.75) is 26.2 Å². The third-order valence-corrected chi connectivity index (χ3v) is 3.90. The Kier molecular flexibility index (Phi) is 3.09. The topological polar surface area (TPSA) is 66.8 Å². The number of benzene rings is 2. The van der Waals surface area contributed by atoms with E-state index in [0.29, 0.717) is 5.75 Å². The number of aryl methyl sites for hydroxylation is 2. The zero-order chi connectivity index (χ0) is 15.1. The minimum atomic E-state index is -0.316. The maximum Gasteiger partial charge on any atom is 0.312 e. The lowest BCUT2D eigenvalue weighted by Crippen LogP contribution is -2.21. The van der Waals surface area contributed by atoms with Crippen LogP contribution in [0.2, 0.25) is 0 Å². The van der Waals surface area contributed by atoms with Gasteiger partial charge in [0.05, 0.1) is 6.42 Å². The SMILES string of the molecule is Cc1cc([C@H]2CC(=O)Oc3cc(O)cc(C)c32)ccc1O. The third kappa shape index (κ3) is 2.33. The van der Waals surface area contributed by atoms with Crippen molar-refractivity contribution in [3.63, 3.8) is 0 Å². The van der Waals surface area contributed by atoms with Gasteiger partial charge < -0.3 is 14.9 Å². The molecule has 3 rings (SSSR count). The molecule has 1 aliphatic heterocycles.